The average molecular weight is 266 g/mol. The number of aromatic nitrogens is 4. The molecule has 0 radical (unpaired) electrons. The van der Waals surface area contributed by atoms with Crippen LogP contribution in [0.4, 0.5) is 0 Å². The van der Waals surface area contributed by atoms with Crippen molar-refractivity contribution in [3.63, 3.8) is 0 Å². The molecule has 0 aliphatic rings. The average Bonchev–Trinajstić information content (AvgIpc) is 2.76. The molecule has 5 nitrogen and oxygen atoms in total. The minimum Gasteiger partial charge on any atom is -0.311 e. The molecule has 18 heavy (non-hydrogen) atoms. The molecule has 0 unspecified atom stereocenters. The highest BCUT2D eigenvalue weighted by molar-refractivity contribution is 6.30. The van der Waals surface area contributed by atoms with Crippen LogP contribution in [0.5, 0.6) is 0 Å². The van der Waals surface area contributed by atoms with Gasteiger partial charge in [0.25, 0.3) is 0 Å². The molecule has 6 heteroatoms. The number of hydrogen-bond donors (Lipinski definition) is 1. The molecule has 2 aromatic heterocycles. The Bertz CT molecular complexity index is 509. The van der Waals surface area contributed by atoms with Gasteiger partial charge in [0.05, 0.1) is 29.3 Å². The van der Waals surface area contributed by atoms with Crippen LogP contribution in [0.2, 0.25) is 5.02 Å². The smallest absolute Gasteiger partial charge is 0.172 e. The van der Waals surface area contributed by atoms with Gasteiger partial charge >= 0.3 is 0 Å². The quantitative estimate of drug-likeness (QED) is 0.899. The molecule has 0 amide bonds. The zero-order valence-electron chi connectivity index (χ0n) is 10.5. The molecule has 0 saturated carbocycles. The van der Waals surface area contributed by atoms with Crippen molar-refractivity contribution in [3.05, 3.63) is 35.5 Å². The van der Waals surface area contributed by atoms with Gasteiger partial charge in [0.15, 0.2) is 5.82 Å². The van der Waals surface area contributed by atoms with Crippen LogP contribution in [0.3, 0.4) is 0 Å². The van der Waals surface area contributed by atoms with Crippen molar-refractivity contribution >= 4 is 11.6 Å². The number of halogens is 1. The molecule has 2 rings (SSSR count). The van der Waals surface area contributed by atoms with E-state index in [-0.39, 0.29) is 0 Å². The maximum Gasteiger partial charge on any atom is 0.172 e. The highest BCUT2D eigenvalue weighted by Crippen LogP contribution is 2.09. The first-order chi connectivity index (χ1) is 8.65. The molecule has 96 valence electrons. The summed E-state index contributed by atoms with van der Waals surface area (Å²) in [4.78, 5) is 8.63. The van der Waals surface area contributed by atoms with Gasteiger partial charge in [0.2, 0.25) is 0 Å². The molecule has 0 aliphatic carbocycles. The summed E-state index contributed by atoms with van der Waals surface area (Å²) in [6, 6.07) is 0. The van der Waals surface area contributed by atoms with E-state index < -0.39 is 0 Å². The van der Waals surface area contributed by atoms with Gasteiger partial charge < -0.3 is 5.32 Å². The molecule has 0 aliphatic heterocycles. The number of hydrogen-bond acceptors (Lipinski definition) is 4. The van der Waals surface area contributed by atoms with E-state index in [1.165, 1.54) is 0 Å². The van der Waals surface area contributed by atoms with Crippen molar-refractivity contribution in [1.29, 1.82) is 0 Å². The van der Waals surface area contributed by atoms with Gasteiger partial charge in [-0.2, -0.15) is 5.10 Å². The third kappa shape index (κ3) is 3.51. The molecule has 0 saturated heterocycles. The third-order valence-corrected chi connectivity index (χ3v) is 2.51. The lowest BCUT2D eigenvalue weighted by atomic mass is 10.2. The van der Waals surface area contributed by atoms with E-state index in [0.29, 0.717) is 23.3 Å². The van der Waals surface area contributed by atoms with Crippen LogP contribution < -0.4 is 5.32 Å². The highest BCUT2D eigenvalue weighted by Gasteiger charge is 2.03. The Balaban J connectivity index is 2.05. The summed E-state index contributed by atoms with van der Waals surface area (Å²) < 4.78 is 1.61. The summed E-state index contributed by atoms with van der Waals surface area (Å²) in [5.74, 6) is 1.29. The van der Waals surface area contributed by atoms with Crippen LogP contribution >= 0.6 is 11.6 Å². The number of nitrogens with zero attached hydrogens (tertiary/aromatic N) is 4. The van der Waals surface area contributed by atoms with Crippen LogP contribution in [0.1, 0.15) is 19.5 Å². The van der Waals surface area contributed by atoms with E-state index in [0.717, 1.165) is 12.2 Å². The second-order valence-corrected chi connectivity index (χ2v) is 4.93. The second-order valence-electron chi connectivity index (χ2n) is 4.50. The summed E-state index contributed by atoms with van der Waals surface area (Å²) in [5, 5.41) is 8.01. The van der Waals surface area contributed by atoms with E-state index in [2.05, 4.69) is 34.2 Å². The molecule has 0 spiro atoms. The maximum atomic E-state index is 5.82. The molecule has 0 bridgehead atoms. The molecule has 2 aromatic rings. The molecule has 0 atom stereocenters. The van der Waals surface area contributed by atoms with Crippen LogP contribution in [0.25, 0.3) is 5.82 Å². The van der Waals surface area contributed by atoms with Crippen molar-refractivity contribution in [2.24, 2.45) is 5.92 Å². The highest BCUT2D eigenvalue weighted by atomic mass is 35.5. The van der Waals surface area contributed by atoms with Gasteiger partial charge in [-0.25, -0.2) is 9.67 Å². The Kier molecular flexibility index (Phi) is 4.28. The number of rotatable bonds is 5. The van der Waals surface area contributed by atoms with Crippen LogP contribution in [-0.2, 0) is 6.54 Å². The van der Waals surface area contributed by atoms with E-state index in [1.54, 1.807) is 29.5 Å². The van der Waals surface area contributed by atoms with Gasteiger partial charge in [-0.05, 0) is 12.5 Å². The van der Waals surface area contributed by atoms with Crippen molar-refractivity contribution in [3.8, 4) is 5.82 Å². The molecule has 2 heterocycles. The summed E-state index contributed by atoms with van der Waals surface area (Å²) >= 11 is 5.82. The standard InChI is InChI=1S/C12H16ClN5/c1-9(2)3-14-5-11-6-15-7-12(17-11)18-8-10(13)4-16-18/h4,6-9,14H,3,5H2,1-2H3. The lowest BCUT2D eigenvalue weighted by Gasteiger charge is -2.07. The Morgan fingerprint density at radius 2 is 2.17 bits per heavy atom. The Morgan fingerprint density at radius 1 is 1.33 bits per heavy atom. The summed E-state index contributed by atoms with van der Waals surface area (Å²) in [7, 11) is 0. The molecule has 0 aromatic carbocycles. The van der Waals surface area contributed by atoms with Crippen molar-refractivity contribution in [2.45, 2.75) is 20.4 Å². The van der Waals surface area contributed by atoms with E-state index in [1.807, 2.05) is 0 Å². The van der Waals surface area contributed by atoms with E-state index in [9.17, 15) is 0 Å². The molecule has 0 fully saturated rings. The normalized spacial score (nSPS) is 11.1. The topological polar surface area (TPSA) is 55.6 Å². The fraction of sp³-hybridized carbons (Fsp3) is 0.417. The SMILES string of the molecule is CC(C)CNCc1cncc(-n2cc(Cl)cn2)n1. The fourth-order valence-corrected chi connectivity index (χ4v) is 1.64. The lowest BCUT2D eigenvalue weighted by Crippen LogP contribution is -2.20. The minimum absolute atomic E-state index is 0.583. The van der Waals surface area contributed by atoms with Gasteiger partial charge in [0, 0.05) is 12.7 Å². The van der Waals surface area contributed by atoms with Crippen molar-refractivity contribution < 1.29 is 0 Å². The van der Waals surface area contributed by atoms with Crippen molar-refractivity contribution in [2.75, 3.05) is 6.54 Å². The van der Waals surface area contributed by atoms with Crippen molar-refractivity contribution in [1.82, 2.24) is 25.1 Å². The van der Waals surface area contributed by atoms with Gasteiger partial charge in [0.1, 0.15) is 0 Å². The second kappa shape index (κ2) is 5.93. The van der Waals surface area contributed by atoms with Gasteiger partial charge in [-0.15, -0.1) is 0 Å². The monoisotopic (exact) mass is 265 g/mol. The Morgan fingerprint density at radius 3 is 2.83 bits per heavy atom. The molecule has 1 N–H and O–H groups in total. The predicted molar refractivity (Wildman–Crippen MR) is 70.7 cm³/mol. The van der Waals surface area contributed by atoms with E-state index >= 15 is 0 Å². The Hall–Kier alpha value is -1.46. The predicted octanol–water partition coefficient (Wildman–Crippen LogP) is 2.06. The Labute approximate surface area is 111 Å². The third-order valence-electron chi connectivity index (χ3n) is 2.32. The summed E-state index contributed by atoms with van der Waals surface area (Å²) in [6.07, 6.45) is 6.70. The minimum atomic E-state index is 0.583. The largest absolute Gasteiger partial charge is 0.311 e. The molecular formula is C12H16ClN5. The van der Waals surface area contributed by atoms with E-state index in [4.69, 9.17) is 11.6 Å². The van der Waals surface area contributed by atoms with Gasteiger partial charge in [-0.3, -0.25) is 4.98 Å². The lowest BCUT2D eigenvalue weighted by molar-refractivity contribution is 0.547. The van der Waals surface area contributed by atoms with Crippen LogP contribution in [-0.4, -0.2) is 26.3 Å². The maximum absolute atomic E-state index is 5.82. The zero-order valence-corrected chi connectivity index (χ0v) is 11.2. The van der Waals surface area contributed by atoms with Gasteiger partial charge in [-0.1, -0.05) is 25.4 Å². The summed E-state index contributed by atoms with van der Waals surface area (Å²) in [5.41, 5.74) is 0.889. The first-order valence-electron chi connectivity index (χ1n) is 5.87. The first kappa shape index (κ1) is 13.0. The van der Waals surface area contributed by atoms with Crippen LogP contribution in [0.15, 0.2) is 24.8 Å². The first-order valence-corrected chi connectivity index (χ1v) is 6.25. The fourth-order valence-electron chi connectivity index (χ4n) is 1.51. The summed E-state index contributed by atoms with van der Waals surface area (Å²) in [6.45, 7) is 6.00. The molecular weight excluding hydrogens is 250 g/mol. The van der Waals surface area contributed by atoms with Crippen LogP contribution in [0, 0.1) is 5.92 Å². The number of nitrogens with one attached hydrogen (secondary N) is 1. The zero-order chi connectivity index (χ0) is 13.0.